The topological polar surface area (TPSA) is 85.2 Å². The molecule has 1 saturated heterocycles. The third-order valence-electron chi connectivity index (χ3n) is 5.57. The molecule has 1 aliphatic rings. The third kappa shape index (κ3) is 4.13. The average molecular weight is 449 g/mol. The van der Waals surface area contributed by atoms with Crippen molar-refractivity contribution in [1.82, 2.24) is 25.1 Å². The molecule has 3 heterocycles. The lowest BCUT2D eigenvalue weighted by Crippen LogP contribution is -2.37. The van der Waals surface area contributed by atoms with Gasteiger partial charge in [-0.3, -0.25) is 4.79 Å². The van der Waals surface area contributed by atoms with Crippen LogP contribution in [0.4, 0.5) is 5.82 Å². The van der Waals surface area contributed by atoms with Crippen LogP contribution in [0.5, 0.6) is 0 Å². The zero-order valence-corrected chi connectivity index (χ0v) is 18.6. The van der Waals surface area contributed by atoms with E-state index in [9.17, 15) is 4.79 Å². The maximum atomic E-state index is 12.7. The van der Waals surface area contributed by atoms with Gasteiger partial charge in [0, 0.05) is 25.2 Å². The number of carbonyl (C=O) groups excluding carboxylic acids is 1. The lowest BCUT2D eigenvalue weighted by molar-refractivity contribution is 0.0952. The largest absolute Gasteiger partial charge is 0.378 e. The van der Waals surface area contributed by atoms with E-state index in [1.54, 1.807) is 0 Å². The smallest absolute Gasteiger partial charge is 0.251 e. The molecular formula is C23H24N6O2S. The van der Waals surface area contributed by atoms with Crippen molar-refractivity contribution in [3.8, 4) is 0 Å². The summed E-state index contributed by atoms with van der Waals surface area (Å²) < 4.78 is 7.31. The highest BCUT2D eigenvalue weighted by molar-refractivity contribution is 7.98. The average Bonchev–Trinajstić information content (AvgIpc) is 3.26. The summed E-state index contributed by atoms with van der Waals surface area (Å²) in [6, 6.07) is 13.8. The summed E-state index contributed by atoms with van der Waals surface area (Å²) in [5, 5.41) is 11.3. The van der Waals surface area contributed by atoms with Crippen molar-refractivity contribution in [2.75, 3.05) is 44.0 Å². The van der Waals surface area contributed by atoms with Gasteiger partial charge in [0.1, 0.15) is 5.82 Å². The molecule has 32 heavy (non-hydrogen) atoms. The van der Waals surface area contributed by atoms with Gasteiger partial charge in [-0.15, -0.1) is 0 Å². The van der Waals surface area contributed by atoms with E-state index < -0.39 is 0 Å². The second kappa shape index (κ2) is 9.13. The first-order valence-electron chi connectivity index (χ1n) is 10.6. The number of benzene rings is 2. The highest BCUT2D eigenvalue weighted by Gasteiger charge is 2.20. The first kappa shape index (κ1) is 20.7. The van der Waals surface area contributed by atoms with Crippen LogP contribution in [0.15, 0.2) is 53.8 Å². The van der Waals surface area contributed by atoms with E-state index in [4.69, 9.17) is 9.72 Å². The van der Waals surface area contributed by atoms with Gasteiger partial charge >= 0.3 is 0 Å². The molecule has 1 aliphatic heterocycles. The maximum Gasteiger partial charge on any atom is 0.251 e. The van der Waals surface area contributed by atoms with Crippen molar-refractivity contribution < 1.29 is 9.53 Å². The highest BCUT2D eigenvalue weighted by Crippen LogP contribution is 2.27. The molecule has 1 amide bonds. The molecule has 5 rings (SSSR count). The van der Waals surface area contributed by atoms with Gasteiger partial charge in [0.25, 0.3) is 5.91 Å². The third-order valence-corrected chi connectivity index (χ3v) is 6.12. The molecule has 2 aromatic heterocycles. The number of fused-ring (bicyclic) bond motifs is 2. The van der Waals surface area contributed by atoms with Gasteiger partial charge in [-0.1, -0.05) is 42.1 Å². The number of hydrogen-bond donors (Lipinski definition) is 1. The molecule has 0 bridgehead atoms. The summed E-state index contributed by atoms with van der Waals surface area (Å²) in [7, 11) is 0. The van der Waals surface area contributed by atoms with E-state index in [-0.39, 0.29) is 5.91 Å². The lowest BCUT2D eigenvalue weighted by Gasteiger charge is -2.28. The number of anilines is 1. The Kier molecular flexibility index (Phi) is 5.91. The van der Waals surface area contributed by atoms with Gasteiger partial charge in [0.05, 0.1) is 31.3 Å². The number of hydrogen-bond acceptors (Lipinski definition) is 7. The number of carbonyl (C=O) groups is 1. The van der Waals surface area contributed by atoms with Crippen molar-refractivity contribution in [2.45, 2.75) is 11.7 Å². The fourth-order valence-electron chi connectivity index (χ4n) is 3.90. The molecule has 0 saturated carbocycles. The van der Waals surface area contributed by atoms with Gasteiger partial charge in [-0.05, 0) is 29.2 Å². The van der Waals surface area contributed by atoms with Crippen LogP contribution in [-0.2, 0) is 11.3 Å². The standard InChI is InChI=1S/C23H24N6O2S/c1-32-23-26-20(28-10-12-31-13-11-28)19-15-25-29(21(19)27-23)9-8-24-22(30)18-7-6-16-4-2-3-5-17(16)14-18/h2-7,14-15H,8-13H2,1H3,(H,24,30). The van der Waals surface area contributed by atoms with Crippen LogP contribution >= 0.6 is 11.8 Å². The number of aromatic nitrogens is 4. The fourth-order valence-corrected chi connectivity index (χ4v) is 4.26. The summed E-state index contributed by atoms with van der Waals surface area (Å²) in [6.45, 7) is 3.95. The minimum absolute atomic E-state index is 0.0966. The first-order valence-corrected chi connectivity index (χ1v) is 11.8. The number of amides is 1. The van der Waals surface area contributed by atoms with Crippen molar-refractivity contribution in [3.05, 3.63) is 54.2 Å². The zero-order chi connectivity index (χ0) is 21.9. The second-order valence-corrected chi connectivity index (χ2v) is 8.33. The Morgan fingerprint density at radius 3 is 2.75 bits per heavy atom. The molecule has 4 aromatic rings. The Hall–Kier alpha value is -3.17. The molecule has 164 valence electrons. The summed E-state index contributed by atoms with van der Waals surface area (Å²) in [6.07, 6.45) is 3.78. The van der Waals surface area contributed by atoms with E-state index in [0.717, 1.165) is 40.7 Å². The molecule has 9 heteroatoms. The van der Waals surface area contributed by atoms with E-state index in [0.29, 0.717) is 37.0 Å². The zero-order valence-electron chi connectivity index (χ0n) is 17.8. The van der Waals surface area contributed by atoms with E-state index in [1.165, 1.54) is 11.8 Å². The van der Waals surface area contributed by atoms with Crippen LogP contribution in [0, 0.1) is 0 Å². The van der Waals surface area contributed by atoms with Gasteiger partial charge < -0.3 is 15.0 Å². The second-order valence-electron chi connectivity index (χ2n) is 7.56. The molecule has 1 N–H and O–H groups in total. The van der Waals surface area contributed by atoms with Crippen molar-refractivity contribution >= 4 is 45.3 Å². The van der Waals surface area contributed by atoms with Crippen molar-refractivity contribution in [3.63, 3.8) is 0 Å². The van der Waals surface area contributed by atoms with Crippen LogP contribution in [0.1, 0.15) is 10.4 Å². The highest BCUT2D eigenvalue weighted by atomic mass is 32.2. The van der Waals surface area contributed by atoms with Crippen LogP contribution in [-0.4, -0.2) is 64.8 Å². The number of ether oxygens (including phenoxy) is 1. The number of nitrogens with one attached hydrogen (secondary N) is 1. The summed E-state index contributed by atoms with van der Waals surface area (Å²) in [5.74, 6) is 0.801. The van der Waals surface area contributed by atoms with E-state index in [2.05, 4.69) is 20.3 Å². The lowest BCUT2D eigenvalue weighted by atomic mass is 10.1. The molecule has 0 aliphatic carbocycles. The Morgan fingerprint density at radius 1 is 1.12 bits per heavy atom. The quantitative estimate of drug-likeness (QED) is 0.359. The number of thioether (sulfide) groups is 1. The number of nitrogens with zero attached hydrogens (tertiary/aromatic N) is 5. The molecule has 2 aromatic carbocycles. The summed E-state index contributed by atoms with van der Waals surface area (Å²) in [4.78, 5) is 24.3. The number of morpholine rings is 1. The molecule has 0 radical (unpaired) electrons. The van der Waals surface area contributed by atoms with Gasteiger partial charge in [0.15, 0.2) is 10.8 Å². The van der Waals surface area contributed by atoms with Crippen LogP contribution in [0.2, 0.25) is 0 Å². The molecular weight excluding hydrogens is 424 g/mol. The van der Waals surface area contributed by atoms with Crippen LogP contribution in [0.3, 0.4) is 0 Å². The Balaban J connectivity index is 1.32. The van der Waals surface area contributed by atoms with E-state index >= 15 is 0 Å². The monoisotopic (exact) mass is 448 g/mol. The van der Waals surface area contributed by atoms with Crippen molar-refractivity contribution in [2.24, 2.45) is 0 Å². The summed E-state index contributed by atoms with van der Waals surface area (Å²) >= 11 is 1.51. The molecule has 0 spiro atoms. The molecule has 0 atom stereocenters. The van der Waals surface area contributed by atoms with Crippen LogP contribution in [0.25, 0.3) is 21.8 Å². The van der Waals surface area contributed by atoms with Gasteiger partial charge in [0.2, 0.25) is 0 Å². The van der Waals surface area contributed by atoms with Gasteiger partial charge in [-0.2, -0.15) is 5.10 Å². The van der Waals surface area contributed by atoms with Crippen LogP contribution < -0.4 is 10.2 Å². The first-order chi connectivity index (χ1) is 15.7. The van der Waals surface area contributed by atoms with Crippen molar-refractivity contribution in [1.29, 1.82) is 0 Å². The molecule has 8 nitrogen and oxygen atoms in total. The predicted octanol–water partition coefficient (Wildman–Crippen LogP) is 2.97. The van der Waals surface area contributed by atoms with Gasteiger partial charge in [-0.25, -0.2) is 14.6 Å². The SMILES string of the molecule is CSc1nc(N2CCOCC2)c2cnn(CCNC(=O)c3ccc4ccccc4c3)c2n1. The minimum Gasteiger partial charge on any atom is -0.378 e. The Morgan fingerprint density at radius 2 is 1.94 bits per heavy atom. The maximum absolute atomic E-state index is 12.7. The fraction of sp³-hybridized carbons (Fsp3) is 0.304. The van der Waals surface area contributed by atoms with E-state index in [1.807, 2.05) is 59.6 Å². The Labute approximate surface area is 190 Å². The molecule has 1 fully saturated rings. The summed E-state index contributed by atoms with van der Waals surface area (Å²) in [5.41, 5.74) is 1.43. The minimum atomic E-state index is -0.0966. The normalized spacial score (nSPS) is 14.2. The predicted molar refractivity (Wildman–Crippen MR) is 126 cm³/mol. The Bertz CT molecular complexity index is 1270. The molecule has 0 unspecified atom stereocenters. The number of rotatable bonds is 6.